The minimum absolute atomic E-state index is 0. The predicted molar refractivity (Wildman–Crippen MR) is 98.8 cm³/mol. The molecule has 4 nitrogen and oxygen atoms in total. The van der Waals surface area contributed by atoms with Crippen LogP contribution in [-0.2, 0) is 10.3 Å². The third-order valence-electron chi connectivity index (χ3n) is 5.82. The molecule has 1 aliphatic carbocycles. The SMILES string of the molecule is CO[C@@]1(c2cccc(C(N)=O)c2)[C@@H]2CCC[C@H]1CN(CCCF)C2.Cl. The number of likely N-dealkylation sites (tertiary alicyclic amines) is 1. The normalized spacial score (nSPS) is 29.0. The number of alkyl halides is 1. The van der Waals surface area contributed by atoms with Crippen LogP contribution in [0.3, 0.4) is 0 Å². The van der Waals surface area contributed by atoms with E-state index in [1.165, 1.54) is 6.42 Å². The van der Waals surface area contributed by atoms with Crippen molar-refractivity contribution >= 4 is 18.3 Å². The fourth-order valence-corrected chi connectivity index (χ4v) is 4.83. The minimum atomic E-state index is -0.409. The maximum absolute atomic E-state index is 12.5. The summed E-state index contributed by atoms with van der Waals surface area (Å²) in [5.74, 6) is 0.309. The number of hydrogen-bond donors (Lipinski definition) is 1. The molecule has 1 heterocycles. The average molecular weight is 371 g/mol. The van der Waals surface area contributed by atoms with E-state index in [1.54, 1.807) is 13.2 Å². The van der Waals surface area contributed by atoms with Crippen LogP contribution in [0.1, 0.15) is 41.6 Å². The van der Waals surface area contributed by atoms with Crippen LogP contribution in [-0.4, -0.2) is 44.2 Å². The van der Waals surface area contributed by atoms with Gasteiger partial charge in [-0.3, -0.25) is 9.18 Å². The van der Waals surface area contributed by atoms with Crippen molar-refractivity contribution in [2.75, 3.05) is 33.4 Å². The minimum Gasteiger partial charge on any atom is -0.373 e. The highest BCUT2D eigenvalue weighted by atomic mass is 35.5. The lowest BCUT2D eigenvalue weighted by atomic mass is 9.62. The Hall–Kier alpha value is -1.17. The molecule has 6 heteroatoms. The molecule has 1 aromatic rings. The lowest BCUT2D eigenvalue weighted by Gasteiger charge is -2.55. The van der Waals surface area contributed by atoms with E-state index in [2.05, 4.69) is 11.0 Å². The Balaban J connectivity index is 0.00000225. The number of hydrogen-bond acceptors (Lipinski definition) is 3. The molecule has 2 aliphatic rings. The van der Waals surface area contributed by atoms with E-state index >= 15 is 0 Å². The first kappa shape index (κ1) is 20.1. The topological polar surface area (TPSA) is 55.6 Å². The van der Waals surface area contributed by atoms with E-state index in [4.69, 9.17) is 10.5 Å². The fourth-order valence-electron chi connectivity index (χ4n) is 4.83. The quantitative estimate of drug-likeness (QED) is 0.836. The van der Waals surface area contributed by atoms with Crippen molar-refractivity contribution in [1.82, 2.24) is 4.90 Å². The zero-order valence-corrected chi connectivity index (χ0v) is 15.6. The van der Waals surface area contributed by atoms with Gasteiger partial charge in [0, 0.05) is 44.1 Å². The van der Waals surface area contributed by atoms with Crippen LogP contribution in [0.4, 0.5) is 4.39 Å². The van der Waals surface area contributed by atoms with Crippen LogP contribution in [0.2, 0.25) is 0 Å². The molecule has 2 bridgehead atoms. The van der Waals surface area contributed by atoms with Crippen LogP contribution in [0.25, 0.3) is 0 Å². The number of ether oxygens (including phenoxy) is 1. The summed E-state index contributed by atoms with van der Waals surface area (Å²) >= 11 is 0. The number of nitrogens with two attached hydrogens (primary N) is 1. The Morgan fingerprint density at radius 2 is 2.04 bits per heavy atom. The number of piperidine rings is 1. The zero-order valence-electron chi connectivity index (χ0n) is 14.7. The molecule has 1 amide bonds. The summed E-state index contributed by atoms with van der Waals surface area (Å²) in [4.78, 5) is 14.0. The molecule has 3 rings (SSSR count). The molecule has 1 aliphatic heterocycles. The molecule has 3 atom stereocenters. The van der Waals surface area contributed by atoms with Gasteiger partial charge in [0.1, 0.15) is 5.60 Å². The molecular formula is C19H28ClFN2O2. The van der Waals surface area contributed by atoms with Gasteiger partial charge in [-0.05, 0) is 37.0 Å². The van der Waals surface area contributed by atoms with Crippen molar-refractivity contribution in [1.29, 1.82) is 0 Å². The number of primary amides is 1. The van der Waals surface area contributed by atoms with Gasteiger partial charge in [-0.2, -0.15) is 0 Å². The van der Waals surface area contributed by atoms with Gasteiger partial charge in [-0.15, -0.1) is 12.4 Å². The summed E-state index contributed by atoms with van der Waals surface area (Å²) in [6.45, 7) is 2.39. The van der Waals surface area contributed by atoms with Gasteiger partial charge in [0.25, 0.3) is 0 Å². The lowest BCUT2D eigenvalue weighted by molar-refractivity contribution is -0.169. The Morgan fingerprint density at radius 1 is 1.36 bits per heavy atom. The predicted octanol–water partition coefficient (Wildman–Crippen LogP) is 3.14. The third kappa shape index (κ3) is 3.69. The van der Waals surface area contributed by atoms with Crippen molar-refractivity contribution in [3.63, 3.8) is 0 Å². The van der Waals surface area contributed by atoms with E-state index in [9.17, 15) is 9.18 Å². The largest absolute Gasteiger partial charge is 0.373 e. The molecule has 1 saturated carbocycles. The molecule has 1 aromatic carbocycles. The van der Waals surface area contributed by atoms with Gasteiger partial charge in [0.2, 0.25) is 5.91 Å². The number of carbonyl (C=O) groups is 1. The van der Waals surface area contributed by atoms with E-state index in [0.29, 0.717) is 23.8 Å². The van der Waals surface area contributed by atoms with Crippen molar-refractivity contribution in [2.24, 2.45) is 17.6 Å². The van der Waals surface area contributed by atoms with Gasteiger partial charge < -0.3 is 15.4 Å². The Kier molecular flexibility index (Phi) is 6.83. The van der Waals surface area contributed by atoms with Gasteiger partial charge in [-0.25, -0.2) is 0 Å². The molecule has 0 spiro atoms. The van der Waals surface area contributed by atoms with Crippen LogP contribution in [0.5, 0.6) is 0 Å². The summed E-state index contributed by atoms with van der Waals surface area (Å²) in [7, 11) is 1.78. The van der Waals surface area contributed by atoms with Gasteiger partial charge >= 0.3 is 0 Å². The van der Waals surface area contributed by atoms with Gasteiger partial charge in [0.15, 0.2) is 0 Å². The lowest BCUT2D eigenvalue weighted by Crippen LogP contribution is -2.59. The molecule has 25 heavy (non-hydrogen) atoms. The standard InChI is InChI=1S/C19H27FN2O2.ClH/c1-24-19(15-6-2-5-14(11-15)18(21)23)16-7-3-8-17(19)13-22(12-16)10-4-9-20;/h2,5-6,11,16-17H,3-4,7-10,12-13H2,1H3,(H2,21,23);1H/t16-,17+,19+;. The number of methoxy groups -OCH3 is 1. The average Bonchev–Trinajstić information content (AvgIpc) is 2.59. The molecule has 2 fully saturated rings. The second-order valence-corrected chi connectivity index (χ2v) is 7.07. The highest BCUT2D eigenvalue weighted by molar-refractivity contribution is 5.92. The number of fused-ring (bicyclic) bond motifs is 2. The second kappa shape index (κ2) is 8.47. The number of halogens is 2. The van der Waals surface area contributed by atoms with Crippen molar-refractivity contribution in [3.8, 4) is 0 Å². The first-order chi connectivity index (χ1) is 11.6. The van der Waals surface area contributed by atoms with Crippen LogP contribution >= 0.6 is 12.4 Å². The summed E-state index contributed by atoms with van der Waals surface area (Å²) < 4.78 is 18.7. The Bertz CT molecular complexity index is 585. The molecule has 0 aromatic heterocycles. The van der Waals surface area contributed by atoms with Crippen LogP contribution < -0.4 is 5.73 Å². The van der Waals surface area contributed by atoms with E-state index in [-0.39, 0.29) is 24.7 Å². The molecule has 2 N–H and O–H groups in total. The van der Waals surface area contributed by atoms with Crippen LogP contribution in [0.15, 0.2) is 24.3 Å². The van der Waals surface area contributed by atoms with Crippen molar-refractivity contribution in [3.05, 3.63) is 35.4 Å². The highest BCUT2D eigenvalue weighted by Crippen LogP contribution is 2.51. The number of carbonyl (C=O) groups excluding carboxylic acids is 1. The summed E-state index contributed by atoms with van der Waals surface area (Å²) in [6, 6.07) is 7.59. The first-order valence-corrected chi connectivity index (χ1v) is 8.85. The highest BCUT2D eigenvalue weighted by Gasteiger charge is 2.53. The first-order valence-electron chi connectivity index (χ1n) is 8.85. The van der Waals surface area contributed by atoms with Crippen LogP contribution in [0, 0.1) is 11.8 Å². The smallest absolute Gasteiger partial charge is 0.248 e. The van der Waals surface area contributed by atoms with Crippen molar-refractivity contribution < 1.29 is 13.9 Å². The molecule has 0 unspecified atom stereocenters. The number of amides is 1. The summed E-state index contributed by atoms with van der Waals surface area (Å²) in [6.07, 6.45) is 3.98. The maximum Gasteiger partial charge on any atom is 0.248 e. The maximum atomic E-state index is 12.5. The van der Waals surface area contributed by atoms with Gasteiger partial charge in [0.05, 0.1) is 6.67 Å². The third-order valence-corrected chi connectivity index (χ3v) is 5.82. The number of rotatable bonds is 6. The van der Waals surface area contributed by atoms with Crippen molar-refractivity contribution in [2.45, 2.75) is 31.3 Å². The number of benzene rings is 1. The van der Waals surface area contributed by atoms with E-state index in [0.717, 1.165) is 38.0 Å². The molecular weight excluding hydrogens is 343 g/mol. The Morgan fingerprint density at radius 3 is 2.60 bits per heavy atom. The molecule has 140 valence electrons. The number of nitrogens with zero attached hydrogens (tertiary/aromatic N) is 1. The van der Waals surface area contributed by atoms with E-state index < -0.39 is 5.91 Å². The molecule has 1 saturated heterocycles. The molecule has 0 radical (unpaired) electrons. The zero-order chi connectivity index (χ0) is 17.2. The second-order valence-electron chi connectivity index (χ2n) is 7.07. The van der Waals surface area contributed by atoms with E-state index in [1.807, 2.05) is 12.1 Å². The summed E-state index contributed by atoms with van der Waals surface area (Å²) in [5.41, 5.74) is 6.69. The summed E-state index contributed by atoms with van der Waals surface area (Å²) in [5, 5.41) is 0. The Labute approximate surface area is 155 Å². The van der Waals surface area contributed by atoms with Gasteiger partial charge in [-0.1, -0.05) is 18.6 Å². The fraction of sp³-hybridized carbons (Fsp3) is 0.632. The monoisotopic (exact) mass is 370 g/mol.